The van der Waals surface area contributed by atoms with E-state index in [0.717, 1.165) is 5.56 Å². The molecule has 0 N–H and O–H groups in total. The Hall–Kier alpha value is -0.440. The number of amides is 1. The van der Waals surface area contributed by atoms with Gasteiger partial charge in [0.15, 0.2) is 0 Å². The van der Waals surface area contributed by atoms with E-state index in [0.29, 0.717) is 29.6 Å². The smallest absolute Gasteiger partial charge is 0.224 e. The van der Waals surface area contributed by atoms with Crippen LogP contribution in [-0.2, 0) is 11.3 Å². The van der Waals surface area contributed by atoms with Gasteiger partial charge in [0.2, 0.25) is 5.91 Å². The molecule has 0 aromatic heterocycles. The Morgan fingerprint density at radius 1 is 1.38 bits per heavy atom. The van der Waals surface area contributed by atoms with Gasteiger partial charge >= 0.3 is 0 Å². The molecule has 2 nitrogen and oxygen atoms in total. The quantitative estimate of drug-likeness (QED) is 0.760. The van der Waals surface area contributed by atoms with E-state index in [4.69, 9.17) is 34.8 Å². The van der Waals surface area contributed by atoms with Crippen LogP contribution in [0.2, 0.25) is 10.0 Å². The Kier molecular flexibility index (Phi) is 3.63. The van der Waals surface area contributed by atoms with Crippen LogP contribution in [-0.4, -0.2) is 22.7 Å². The number of likely N-dealkylation sites (tertiary alicyclic amines) is 1. The topological polar surface area (TPSA) is 20.3 Å². The van der Waals surface area contributed by atoms with E-state index in [1.807, 2.05) is 6.07 Å². The highest BCUT2D eigenvalue weighted by atomic mass is 35.5. The molecule has 5 heteroatoms. The molecule has 0 spiro atoms. The van der Waals surface area contributed by atoms with Crippen molar-refractivity contribution in [3.63, 3.8) is 0 Å². The number of halogens is 3. The summed E-state index contributed by atoms with van der Waals surface area (Å²) >= 11 is 17.8. The standard InChI is InChI=1S/C11H10Cl3NO/c12-8-2-1-7(10(14)3-8)5-15-6-9(13)4-11(15)16/h1-3,9H,4-6H2. The minimum atomic E-state index is -0.0847. The van der Waals surface area contributed by atoms with Gasteiger partial charge in [-0.15, -0.1) is 11.6 Å². The number of rotatable bonds is 2. The average molecular weight is 279 g/mol. The fourth-order valence-corrected chi connectivity index (χ4v) is 2.50. The van der Waals surface area contributed by atoms with E-state index in [2.05, 4.69) is 0 Å². The van der Waals surface area contributed by atoms with Gasteiger partial charge in [-0.1, -0.05) is 29.3 Å². The summed E-state index contributed by atoms with van der Waals surface area (Å²) in [5.41, 5.74) is 0.894. The lowest BCUT2D eigenvalue weighted by atomic mass is 10.2. The lowest BCUT2D eigenvalue weighted by Gasteiger charge is -2.16. The Labute approximate surface area is 109 Å². The maximum Gasteiger partial charge on any atom is 0.224 e. The molecule has 2 rings (SSSR count). The molecular formula is C11H10Cl3NO. The maximum atomic E-state index is 11.5. The summed E-state index contributed by atoms with van der Waals surface area (Å²) in [5, 5.41) is 1.09. The first kappa shape index (κ1) is 12.0. The number of benzene rings is 1. The zero-order valence-electron chi connectivity index (χ0n) is 8.42. The van der Waals surface area contributed by atoms with Crippen molar-refractivity contribution in [3.8, 4) is 0 Å². The van der Waals surface area contributed by atoms with E-state index in [-0.39, 0.29) is 11.3 Å². The second-order valence-corrected chi connectivity index (χ2v) is 5.27. The van der Waals surface area contributed by atoms with E-state index in [9.17, 15) is 4.79 Å². The number of alkyl halides is 1. The van der Waals surface area contributed by atoms with E-state index in [1.54, 1.807) is 17.0 Å². The molecule has 0 saturated carbocycles. The molecule has 0 aliphatic carbocycles. The van der Waals surface area contributed by atoms with Crippen LogP contribution in [0.5, 0.6) is 0 Å². The first-order chi connectivity index (χ1) is 7.56. The van der Waals surface area contributed by atoms with Gasteiger partial charge in [-0.2, -0.15) is 0 Å². The summed E-state index contributed by atoms with van der Waals surface area (Å²) in [6.45, 7) is 1.08. The molecule has 1 aliphatic heterocycles. The highest BCUT2D eigenvalue weighted by Gasteiger charge is 2.28. The van der Waals surface area contributed by atoms with Crippen LogP contribution in [0.1, 0.15) is 12.0 Å². The van der Waals surface area contributed by atoms with Crippen molar-refractivity contribution < 1.29 is 4.79 Å². The summed E-state index contributed by atoms with van der Waals surface area (Å²) < 4.78 is 0. The van der Waals surface area contributed by atoms with Crippen LogP contribution in [0.3, 0.4) is 0 Å². The molecule has 16 heavy (non-hydrogen) atoms. The van der Waals surface area contributed by atoms with Crippen molar-refractivity contribution in [2.24, 2.45) is 0 Å². The average Bonchev–Trinajstić information content (AvgIpc) is 2.50. The summed E-state index contributed by atoms with van der Waals surface area (Å²) in [5.74, 6) is 0.0750. The summed E-state index contributed by atoms with van der Waals surface area (Å²) in [6, 6.07) is 5.28. The van der Waals surface area contributed by atoms with Gasteiger partial charge in [0.1, 0.15) is 0 Å². The Bertz CT molecular complexity index is 422. The third-order valence-corrected chi connectivity index (χ3v) is 3.42. The van der Waals surface area contributed by atoms with Crippen LogP contribution >= 0.6 is 34.8 Å². The van der Waals surface area contributed by atoms with Crippen molar-refractivity contribution in [3.05, 3.63) is 33.8 Å². The van der Waals surface area contributed by atoms with Crippen LogP contribution in [0.15, 0.2) is 18.2 Å². The Balaban J connectivity index is 2.12. The molecule has 1 saturated heterocycles. The molecule has 1 fully saturated rings. The zero-order chi connectivity index (χ0) is 11.7. The predicted octanol–water partition coefficient (Wildman–Crippen LogP) is 3.33. The van der Waals surface area contributed by atoms with Crippen LogP contribution in [0.4, 0.5) is 0 Å². The Morgan fingerprint density at radius 2 is 2.12 bits per heavy atom. The summed E-state index contributed by atoms with van der Waals surface area (Å²) in [7, 11) is 0. The number of nitrogens with zero attached hydrogens (tertiary/aromatic N) is 1. The highest BCUT2D eigenvalue weighted by Crippen LogP contribution is 2.25. The van der Waals surface area contributed by atoms with E-state index < -0.39 is 0 Å². The predicted molar refractivity (Wildman–Crippen MR) is 66.1 cm³/mol. The first-order valence-corrected chi connectivity index (χ1v) is 6.11. The highest BCUT2D eigenvalue weighted by molar-refractivity contribution is 6.35. The van der Waals surface area contributed by atoms with Crippen LogP contribution in [0.25, 0.3) is 0 Å². The second kappa shape index (κ2) is 4.82. The van der Waals surface area contributed by atoms with Crippen molar-refractivity contribution in [1.82, 2.24) is 4.90 Å². The normalized spacial score (nSPS) is 20.6. The number of carbonyl (C=O) groups excluding carboxylic acids is 1. The molecule has 1 aromatic carbocycles. The third-order valence-electron chi connectivity index (χ3n) is 2.54. The molecule has 1 amide bonds. The molecule has 86 valence electrons. The molecular weight excluding hydrogens is 268 g/mol. The van der Waals surface area contributed by atoms with Gasteiger partial charge in [0.25, 0.3) is 0 Å². The lowest BCUT2D eigenvalue weighted by molar-refractivity contribution is -0.128. The summed E-state index contributed by atoms with van der Waals surface area (Å²) in [4.78, 5) is 13.3. The number of hydrogen-bond acceptors (Lipinski definition) is 1. The maximum absolute atomic E-state index is 11.5. The van der Waals surface area contributed by atoms with E-state index in [1.165, 1.54) is 0 Å². The van der Waals surface area contributed by atoms with Gasteiger partial charge in [-0.25, -0.2) is 0 Å². The Morgan fingerprint density at radius 3 is 2.69 bits per heavy atom. The molecule has 0 bridgehead atoms. The second-order valence-electron chi connectivity index (χ2n) is 3.81. The number of carbonyl (C=O) groups is 1. The molecule has 0 radical (unpaired) electrons. The molecule has 1 aliphatic rings. The van der Waals surface area contributed by atoms with Gasteiger partial charge < -0.3 is 4.90 Å². The van der Waals surface area contributed by atoms with Crippen molar-refractivity contribution >= 4 is 40.7 Å². The summed E-state index contributed by atoms with van der Waals surface area (Å²) in [6.07, 6.45) is 0.409. The fourth-order valence-electron chi connectivity index (χ4n) is 1.73. The minimum Gasteiger partial charge on any atom is -0.337 e. The zero-order valence-corrected chi connectivity index (χ0v) is 10.7. The van der Waals surface area contributed by atoms with Crippen molar-refractivity contribution in [2.75, 3.05) is 6.54 Å². The monoisotopic (exact) mass is 277 g/mol. The molecule has 1 aromatic rings. The van der Waals surface area contributed by atoms with Gasteiger partial charge in [0, 0.05) is 29.6 Å². The third kappa shape index (κ3) is 2.62. The molecule has 1 atom stereocenters. The largest absolute Gasteiger partial charge is 0.337 e. The first-order valence-electron chi connectivity index (χ1n) is 4.92. The fraction of sp³-hybridized carbons (Fsp3) is 0.364. The minimum absolute atomic E-state index is 0.0750. The van der Waals surface area contributed by atoms with Gasteiger partial charge in [0.05, 0.1) is 5.38 Å². The SMILES string of the molecule is O=C1CC(Cl)CN1Cc1ccc(Cl)cc1Cl. The van der Waals surface area contributed by atoms with Gasteiger partial charge in [-0.05, 0) is 17.7 Å². The van der Waals surface area contributed by atoms with E-state index >= 15 is 0 Å². The van der Waals surface area contributed by atoms with Crippen LogP contribution < -0.4 is 0 Å². The number of hydrogen-bond donors (Lipinski definition) is 0. The van der Waals surface area contributed by atoms with Gasteiger partial charge in [-0.3, -0.25) is 4.79 Å². The van der Waals surface area contributed by atoms with Crippen molar-refractivity contribution in [2.45, 2.75) is 18.3 Å². The molecule has 1 heterocycles. The van der Waals surface area contributed by atoms with Crippen LogP contribution in [0, 0.1) is 0 Å². The lowest BCUT2D eigenvalue weighted by Crippen LogP contribution is -2.24. The molecule has 1 unspecified atom stereocenters. The van der Waals surface area contributed by atoms with Crippen molar-refractivity contribution in [1.29, 1.82) is 0 Å².